The van der Waals surface area contributed by atoms with Crippen LogP contribution in [-0.4, -0.2) is 63.8 Å². The van der Waals surface area contributed by atoms with Gasteiger partial charge < -0.3 is 11.1 Å². The molecular formula is C58H60Cl2N6O. The Bertz CT molecular complexity index is 2830. The molecule has 2 saturated heterocycles. The SMILES string of the molecule is CC(=O)c1cc(-c2ccccc2)nc2cc(Cl)ccc12.CC(NC1CCN(Cc2ccccc2)CC1)c1cc(-c2ccccc2)nc2cc(Cl)ccc12.NC1CCN(Cc2ccccc2)CC1. The van der Waals surface area contributed by atoms with Crippen molar-refractivity contribution in [2.24, 2.45) is 5.73 Å². The van der Waals surface area contributed by atoms with Crippen LogP contribution in [0.2, 0.25) is 10.0 Å². The zero-order chi connectivity index (χ0) is 46.5. The highest BCUT2D eigenvalue weighted by atomic mass is 35.5. The van der Waals surface area contributed by atoms with Gasteiger partial charge in [0.15, 0.2) is 5.78 Å². The lowest BCUT2D eigenvalue weighted by Crippen LogP contribution is -2.43. The number of Topliss-reactive ketones (excluding diaryl/α,β-unsaturated/α-hetero) is 1. The number of nitrogens with zero attached hydrogens (tertiary/aromatic N) is 4. The third-order valence-corrected chi connectivity index (χ3v) is 13.2. The molecule has 342 valence electrons. The van der Waals surface area contributed by atoms with E-state index in [4.69, 9.17) is 33.9 Å². The predicted molar refractivity (Wildman–Crippen MR) is 280 cm³/mol. The Morgan fingerprint density at radius 3 is 1.52 bits per heavy atom. The number of carbonyl (C=O) groups is 1. The molecule has 9 heteroatoms. The summed E-state index contributed by atoms with van der Waals surface area (Å²) < 4.78 is 0. The molecule has 0 amide bonds. The van der Waals surface area contributed by atoms with Gasteiger partial charge in [0.1, 0.15) is 0 Å². The van der Waals surface area contributed by atoms with E-state index in [0.29, 0.717) is 22.7 Å². The molecule has 0 spiro atoms. The second-order valence-electron chi connectivity index (χ2n) is 17.8. The van der Waals surface area contributed by atoms with Crippen LogP contribution in [0.1, 0.15) is 72.6 Å². The number of aromatic nitrogens is 2. The minimum absolute atomic E-state index is 0.0249. The number of nitrogens with one attached hydrogen (secondary N) is 1. The Morgan fingerprint density at radius 1 is 0.597 bits per heavy atom. The number of ketones is 1. The first-order valence-corrected chi connectivity index (χ1v) is 24.3. The molecule has 2 fully saturated rings. The summed E-state index contributed by atoms with van der Waals surface area (Å²) in [6.07, 6.45) is 4.62. The Balaban J connectivity index is 0.000000151. The van der Waals surface area contributed by atoms with Crippen LogP contribution in [-0.2, 0) is 13.1 Å². The Kier molecular flexibility index (Phi) is 16.6. The first kappa shape index (κ1) is 47.7. The van der Waals surface area contributed by atoms with Crippen LogP contribution in [0.4, 0.5) is 0 Å². The molecule has 0 bridgehead atoms. The molecular weight excluding hydrogens is 868 g/mol. The van der Waals surface area contributed by atoms with Crippen LogP contribution in [0.3, 0.4) is 0 Å². The lowest BCUT2D eigenvalue weighted by Gasteiger charge is -2.34. The van der Waals surface area contributed by atoms with Gasteiger partial charge in [-0.25, -0.2) is 9.97 Å². The fourth-order valence-corrected chi connectivity index (χ4v) is 9.42. The number of rotatable bonds is 10. The molecule has 1 atom stereocenters. The van der Waals surface area contributed by atoms with Crippen molar-refractivity contribution in [3.8, 4) is 22.5 Å². The van der Waals surface area contributed by atoms with Gasteiger partial charge in [-0.05, 0) is 119 Å². The summed E-state index contributed by atoms with van der Waals surface area (Å²) in [5.41, 5.74) is 16.2. The van der Waals surface area contributed by atoms with Crippen LogP contribution < -0.4 is 11.1 Å². The lowest BCUT2D eigenvalue weighted by atomic mass is 9.97. The molecule has 8 aromatic rings. The number of hydrogen-bond donors (Lipinski definition) is 2. The van der Waals surface area contributed by atoms with Gasteiger partial charge in [0.05, 0.1) is 22.4 Å². The van der Waals surface area contributed by atoms with Crippen LogP contribution in [0.15, 0.2) is 170 Å². The second-order valence-corrected chi connectivity index (χ2v) is 18.7. The van der Waals surface area contributed by atoms with Crippen molar-refractivity contribution in [1.29, 1.82) is 0 Å². The van der Waals surface area contributed by atoms with E-state index in [1.165, 1.54) is 22.1 Å². The maximum atomic E-state index is 11.9. The predicted octanol–water partition coefficient (Wildman–Crippen LogP) is 13.2. The Labute approximate surface area is 406 Å². The molecule has 0 radical (unpaired) electrons. The minimum atomic E-state index is 0.0249. The molecule has 0 saturated carbocycles. The zero-order valence-electron chi connectivity index (χ0n) is 38.5. The summed E-state index contributed by atoms with van der Waals surface area (Å²) in [5.74, 6) is 0.0249. The van der Waals surface area contributed by atoms with Crippen molar-refractivity contribution in [2.45, 2.75) is 70.7 Å². The minimum Gasteiger partial charge on any atom is -0.328 e. The van der Waals surface area contributed by atoms with Crippen molar-refractivity contribution in [3.63, 3.8) is 0 Å². The topological polar surface area (TPSA) is 87.4 Å². The van der Waals surface area contributed by atoms with Gasteiger partial charge in [-0.15, -0.1) is 0 Å². The fourth-order valence-electron chi connectivity index (χ4n) is 9.09. The number of carbonyl (C=O) groups excluding carboxylic acids is 1. The number of hydrogen-bond acceptors (Lipinski definition) is 7. The lowest BCUT2D eigenvalue weighted by molar-refractivity contribution is 0.101. The van der Waals surface area contributed by atoms with E-state index in [2.05, 4.69) is 124 Å². The van der Waals surface area contributed by atoms with E-state index >= 15 is 0 Å². The molecule has 3 N–H and O–H groups in total. The fraction of sp³-hybridized carbons (Fsp3) is 0.259. The summed E-state index contributed by atoms with van der Waals surface area (Å²) in [5, 5.41) is 7.25. The number of fused-ring (bicyclic) bond motifs is 2. The second kappa shape index (κ2) is 23.3. The number of pyridine rings is 2. The van der Waals surface area contributed by atoms with Crippen LogP contribution in [0.5, 0.6) is 0 Å². The summed E-state index contributed by atoms with van der Waals surface area (Å²) in [6, 6.07) is 58.3. The normalized spacial score (nSPS) is 15.3. The summed E-state index contributed by atoms with van der Waals surface area (Å²) >= 11 is 12.3. The Hall–Kier alpha value is -5.77. The largest absolute Gasteiger partial charge is 0.328 e. The zero-order valence-corrected chi connectivity index (χ0v) is 40.0. The number of benzene rings is 6. The standard InChI is InChI=1S/C29H30ClN3.C17H12ClNO.C12H18N2/c1-21(31-25-14-16-33(17-15-25)20-22-8-4-2-5-9-22)27-19-28(23-10-6-3-7-11-23)32-29-18-24(30)12-13-26(27)29;1-11(20)15-10-16(12-5-3-2-4-6-12)19-17-9-13(18)7-8-14(15)17;13-12-6-8-14(9-7-12)10-11-4-2-1-3-5-11/h2-13,18-19,21,25,31H,14-17,20H2,1H3;2-10H,1H3;1-5,12H,6-10,13H2. The number of nitrogens with two attached hydrogens (primary N) is 1. The summed E-state index contributed by atoms with van der Waals surface area (Å²) in [6.45, 7) is 10.5. The molecule has 0 aliphatic carbocycles. The van der Waals surface area contributed by atoms with E-state index in [1.54, 1.807) is 19.1 Å². The van der Waals surface area contributed by atoms with E-state index in [1.807, 2.05) is 60.7 Å². The molecule has 7 nitrogen and oxygen atoms in total. The smallest absolute Gasteiger partial charge is 0.160 e. The molecule has 10 rings (SSSR count). The third kappa shape index (κ3) is 13.2. The maximum Gasteiger partial charge on any atom is 0.160 e. The third-order valence-electron chi connectivity index (χ3n) is 12.8. The van der Waals surface area contributed by atoms with Crippen molar-refractivity contribution in [2.75, 3.05) is 26.2 Å². The molecule has 2 aliphatic heterocycles. The van der Waals surface area contributed by atoms with Crippen molar-refractivity contribution in [3.05, 3.63) is 202 Å². The van der Waals surface area contributed by atoms with Crippen molar-refractivity contribution in [1.82, 2.24) is 25.1 Å². The summed E-state index contributed by atoms with van der Waals surface area (Å²) in [4.78, 5) is 26.5. The van der Waals surface area contributed by atoms with Crippen LogP contribution in [0.25, 0.3) is 44.3 Å². The number of halogens is 2. The van der Waals surface area contributed by atoms with E-state index in [0.717, 1.165) is 109 Å². The highest BCUT2D eigenvalue weighted by molar-refractivity contribution is 6.31. The van der Waals surface area contributed by atoms with E-state index < -0.39 is 0 Å². The van der Waals surface area contributed by atoms with Gasteiger partial charge in [0, 0.05) is 68.7 Å². The number of likely N-dealkylation sites (tertiary alicyclic amines) is 2. The molecule has 2 aromatic heterocycles. The summed E-state index contributed by atoms with van der Waals surface area (Å²) in [7, 11) is 0. The number of piperidine rings is 2. The van der Waals surface area contributed by atoms with Gasteiger partial charge in [0.2, 0.25) is 0 Å². The van der Waals surface area contributed by atoms with Crippen molar-refractivity contribution >= 4 is 50.8 Å². The molecule has 6 aromatic carbocycles. The molecule has 1 unspecified atom stereocenters. The molecule has 4 heterocycles. The van der Waals surface area contributed by atoms with Gasteiger partial charge in [-0.3, -0.25) is 14.6 Å². The molecule has 2 aliphatic rings. The first-order chi connectivity index (χ1) is 32.6. The highest BCUT2D eigenvalue weighted by Crippen LogP contribution is 2.32. The average Bonchev–Trinajstić information content (AvgIpc) is 3.36. The van der Waals surface area contributed by atoms with E-state index in [9.17, 15) is 4.79 Å². The van der Waals surface area contributed by atoms with Gasteiger partial charge in [0.25, 0.3) is 0 Å². The monoisotopic (exact) mass is 926 g/mol. The average molecular weight is 928 g/mol. The van der Waals surface area contributed by atoms with Gasteiger partial charge >= 0.3 is 0 Å². The Morgan fingerprint density at radius 2 is 1.03 bits per heavy atom. The quantitative estimate of drug-likeness (QED) is 0.132. The molecule has 67 heavy (non-hydrogen) atoms. The first-order valence-electron chi connectivity index (χ1n) is 23.5. The van der Waals surface area contributed by atoms with Crippen molar-refractivity contribution < 1.29 is 4.79 Å². The highest BCUT2D eigenvalue weighted by Gasteiger charge is 2.23. The maximum absolute atomic E-state index is 11.9. The van der Waals surface area contributed by atoms with Crippen LogP contribution in [0, 0.1) is 0 Å². The van der Waals surface area contributed by atoms with E-state index in [-0.39, 0.29) is 11.8 Å². The van der Waals surface area contributed by atoms with Crippen LogP contribution >= 0.6 is 23.2 Å². The van der Waals surface area contributed by atoms with Gasteiger partial charge in [-0.1, -0.05) is 157 Å². The van der Waals surface area contributed by atoms with Gasteiger partial charge in [-0.2, -0.15) is 0 Å².